The molecule has 0 spiro atoms. The summed E-state index contributed by atoms with van der Waals surface area (Å²) < 4.78 is 37.6. The van der Waals surface area contributed by atoms with Crippen LogP contribution in [0.1, 0.15) is 11.1 Å². The standard InChI is InChI=1S/C15H12F3N5/c16-15(17,18)10-3-1-9(2-4-10)7-20-13-11-5-6-12(19)23-14(11)22-8-21-13/h1-6,8H,7H2,(H3,19,20,21,22,23). The number of alkyl halides is 3. The fourth-order valence-corrected chi connectivity index (χ4v) is 2.10. The van der Waals surface area contributed by atoms with Crippen LogP contribution in [0.2, 0.25) is 0 Å². The fraction of sp³-hybridized carbons (Fsp3) is 0.133. The van der Waals surface area contributed by atoms with Crippen molar-refractivity contribution in [2.24, 2.45) is 0 Å². The van der Waals surface area contributed by atoms with E-state index in [2.05, 4.69) is 20.3 Å². The van der Waals surface area contributed by atoms with Crippen LogP contribution in [-0.4, -0.2) is 15.0 Å². The molecule has 0 aliphatic rings. The lowest BCUT2D eigenvalue weighted by molar-refractivity contribution is -0.137. The zero-order valence-corrected chi connectivity index (χ0v) is 11.8. The van der Waals surface area contributed by atoms with Gasteiger partial charge in [0, 0.05) is 6.54 Å². The number of fused-ring (bicyclic) bond motifs is 1. The number of hydrogen-bond donors (Lipinski definition) is 2. The van der Waals surface area contributed by atoms with Gasteiger partial charge in [0.05, 0.1) is 10.9 Å². The summed E-state index contributed by atoms with van der Waals surface area (Å²) in [5, 5.41) is 3.76. The predicted molar refractivity (Wildman–Crippen MR) is 80.5 cm³/mol. The largest absolute Gasteiger partial charge is 0.416 e. The number of nitrogen functional groups attached to an aromatic ring is 1. The van der Waals surface area contributed by atoms with E-state index in [1.807, 2.05) is 0 Å². The van der Waals surface area contributed by atoms with Crippen molar-refractivity contribution in [1.82, 2.24) is 15.0 Å². The summed E-state index contributed by atoms with van der Waals surface area (Å²) in [7, 11) is 0. The topological polar surface area (TPSA) is 76.7 Å². The number of anilines is 2. The molecular formula is C15H12F3N5. The third-order valence-corrected chi connectivity index (χ3v) is 3.26. The van der Waals surface area contributed by atoms with Gasteiger partial charge in [0.25, 0.3) is 0 Å². The number of nitrogens with two attached hydrogens (primary N) is 1. The van der Waals surface area contributed by atoms with E-state index in [0.29, 0.717) is 34.8 Å². The Morgan fingerprint density at radius 3 is 2.43 bits per heavy atom. The Kier molecular flexibility index (Phi) is 3.73. The molecule has 3 aromatic rings. The Bertz CT molecular complexity index is 831. The maximum atomic E-state index is 12.5. The summed E-state index contributed by atoms with van der Waals surface area (Å²) in [6.45, 7) is 0.328. The summed E-state index contributed by atoms with van der Waals surface area (Å²) in [6.07, 6.45) is -2.98. The van der Waals surface area contributed by atoms with Crippen LogP contribution < -0.4 is 11.1 Å². The number of halogens is 3. The normalized spacial score (nSPS) is 11.6. The lowest BCUT2D eigenvalue weighted by Crippen LogP contribution is -2.06. The van der Waals surface area contributed by atoms with Crippen molar-refractivity contribution in [2.75, 3.05) is 11.1 Å². The molecule has 0 amide bonds. The maximum Gasteiger partial charge on any atom is 0.416 e. The number of aromatic nitrogens is 3. The van der Waals surface area contributed by atoms with Crippen LogP contribution in [0.15, 0.2) is 42.7 Å². The van der Waals surface area contributed by atoms with Gasteiger partial charge in [-0.25, -0.2) is 15.0 Å². The molecule has 0 aliphatic heterocycles. The van der Waals surface area contributed by atoms with Gasteiger partial charge in [-0.3, -0.25) is 0 Å². The van der Waals surface area contributed by atoms with E-state index < -0.39 is 11.7 Å². The Balaban J connectivity index is 1.78. The van der Waals surface area contributed by atoms with Gasteiger partial charge in [0.2, 0.25) is 0 Å². The van der Waals surface area contributed by atoms with Gasteiger partial charge in [0.15, 0.2) is 5.65 Å². The minimum Gasteiger partial charge on any atom is -0.384 e. The average molecular weight is 319 g/mol. The zero-order valence-electron chi connectivity index (χ0n) is 11.8. The van der Waals surface area contributed by atoms with Crippen LogP contribution in [-0.2, 0) is 12.7 Å². The molecule has 118 valence electrons. The highest BCUT2D eigenvalue weighted by Crippen LogP contribution is 2.29. The van der Waals surface area contributed by atoms with E-state index >= 15 is 0 Å². The summed E-state index contributed by atoms with van der Waals surface area (Å²) in [5.41, 5.74) is 6.09. The van der Waals surface area contributed by atoms with Crippen LogP contribution in [0.4, 0.5) is 24.8 Å². The smallest absolute Gasteiger partial charge is 0.384 e. The van der Waals surface area contributed by atoms with E-state index in [1.54, 1.807) is 12.1 Å². The lowest BCUT2D eigenvalue weighted by atomic mass is 10.1. The molecule has 2 aromatic heterocycles. The van der Waals surface area contributed by atoms with Crippen LogP contribution in [0.25, 0.3) is 11.0 Å². The minimum atomic E-state index is -4.33. The zero-order chi connectivity index (χ0) is 16.4. The van der Waals surface area contributed by atoms with E-state index in [4.69, 9.17) is 5.73 Å². The lowest BCUT2D eigenvalue weighted by Gasteiger charge is -2.10. The van der Waals surface area contributed by atoms with Crippen molar-refractivity contribution in [3.8, 4) is 0 Å². The van der Waals surface area contributed by atoms with Crippen LogP contribution in [0.5, 0.6) is 0 Å². The van der Waals surface area contributed by atoms with Crippen molar-refractivity contribution < 1.29 is 13.2 Å². The molecule has 23 heavy (non-hydrogen) atoms. The molecule has 5 nitrogen and oxygen atoms in total. The molecule has 0 unspecified atom stereocenters. The highest BCUT2D eigenvalue weighted by molar-refractivity contribution is 5.86. The van der Waals surface area contributed by atoms with Gasteiger partial charge in [-0.05, 0) is 29.8 Å². The highest BCUT2D eigenvalue weighted by Gasteiger charge is 2.29. The van der Waals surface area contributed by atoms with Gasteiger partial charge in [-0.15, -0.1) is 0 Å². The third-order valence-electron chi connectivity index (χ3n) is 3.26. The molecular weight excluding hydrogens is 307 g/mol. The first-order valence-electron chi connectivity index (χ1n) is 6.71. The van der Waals surface area contributed by atoms with E-state index in [0.717, 1.165) is 12.1 Å². The van der Waals surface area contributed by atoms with E-state index in [1.165, 1.54) is 18.5 Å². The molecule has 0 bridgehead atoms. The summed E-state index contributed by atoms with van der Waals surface area (Å²) in [4.78, 5) is 12.2. The number of rotatable bonds is 3. The molecule has 8 heteroatoms. The number of nitrogens with one attached hydrogen (secondary N) is 1. The maximum absolute atomic E-state index is 12.5. The monoisotopic (exact) mass is 319 g/mol. The van der Waals surface area contributed by atoms with Crippen LogP contribution >= 0.6 is 0 Å². The summed E-state index contributed by atoms with van der Waals surface area (Å²) >= 11 is 0. The second-order valence-corrected chi connectivity index (χ2v) is 4.88. The van der Waals surface area contributed by atoms with Crippen molar-refractivity contribution in [2.45, 2.75) is 12.7 Å². The van der Waals surface area contributed by atoms with Crippen molar-refractivity contribution in [3.05, 3.63) is 53.9 Å². The third kappa shape index (κ3) is 3.31. The SMILES string of the molecule is Nc1ccc2c(NCc3ccc(C(F)(F)F)cc3)ncnc2n1. The number of nitrogens with zero attached hydrogens (tertiary/aromatic N) is 3. The first-order chi connectivity index (χ1) is 10.9. The Morgan fingerprint density at radius 2 is 1.74 bits per heavy atom. The van der Waals surface area contributed by atoms with Crippen molar-refractivity contribution in [1.29, 1.82) is 0 Å². The van der Waals surface area contributed by atoms with Crippen LogP contribution in [0, 0.1) is 0 Å². The number of pyridine rings is 1. The Morgan fingerprint density at radius 1 is 1.00 bits per heavy atom. The summed E-state index contributed by atoms with van der Waals surface area (Å²) in [6, 6.07) is 8.33. The molecule has 0 atom stereocenters. The van der Waals surface area contributed by atoms with Crippen molar-refractivity contribution in [3.63, 3.8) is 0 Å². The second-order valence-electron chi connectivity index (χ2n) is 4.88. The first kappa shape index (κ1) is 15.0. The van der Waals surface area contributed by atoms with Gasteiger partial charge >= 0.3 is 6.18 Å². The molecule has 0 saturated heterocycles. The molecule has 1 aromatic carbocycles. The van der Waals surface area contributed by atoms with E-state index in [9.17, 15) is 13.2 Å². The number of hydrogen-bond acceptors (Lipinski definition) is 5. The fourth-order valence-electron chi connectivity index (χ4n) is 2.10. The van der Waals surface area contributed by atoms with Gasteiger partial charge in [0.1, 0.15) is 18.0 Å². The van der Waals surface area contributed by atoms with Crippen molar-refractivity contribution >= 4 is 22.7 Å². The Labute approximate surface area is 129 Å². The second kappa shape index (κ2) is 5.71. The molecule has 0 aliphatic carbocycles. The van der Waals surface area contributed by atoms with Gasteiger partial charge < -0.3 is 11.1 Å². The molecule has 2 heterocycles. The molecule has 0 radical (unpaired) electrons. The molecule has 3 N–H and O–H groups in total. The Hall–Kier alpha value is -2.90. The quantitative estimate of drug-likeness (QED) is 0.775. The minimum absolute atomic E-state index is 0.328. The van der Waals surface area contributed by atoms with Gasteiger partial charge in [-0.2, -0.15) is 13.2 Å². The molecule has 0 saturated carbocycles. The molecule has 0 fully saturated rings. The highest BCUT2D eigenvalue weighted by atomic mass is 19.4. The predicted octanol–water partition coefficient (Wildman–Crippen LogP) is 3.24. The average Bonchev–Trinajstić information content (AvgIpc) is 2.52. The van der Waals surface area contributed by atoms with Crippen LogP contribution in [0.3, 0.4) is 0 Å². The summed E-state index contributed by atoms with van der Waals surface area (Å²) in [5.74, 6) is 0.896. The first-order valence-corrected chi connectivity index (χ1v) is 6.71. The van der Waals surface area contributed by atoms with E-state index in [-0.39, 0.29) is 0 Å². The van der Waals surface area contributed by atoms with Gasteiger partial charge in [-0.1, -0.05) is 12.1 Å². The number of benzene rings is 1. The molecule has 3 rings (SSSR count).